The standard InChI is InChI=1S/C25H26ClNO3/c1-15(2)11-23-21(18-6-8-19(26)9-7-18)13-22(25(28)29)24(27-23)14-30-20-10-5-16(3)17(4)12-20/h5-10,12-13,15H,11,14H2,1-4H3,(H,28,29). The normalized spacial score (nSPS) is 11.0. The summed E-state index contributed by atoms with van der Waals surface area (Å²) in [5.41, 5.74) is 5.44. The molecule has 0 fully saturated rings. The van der Waals surface area contributed by atoms with Gasteiger partial charge in [-0.1, -0.05) is 43.6 Å². The number of aryl methyl sites for hydroxylation is 2. The maximum atomic E-state index is 12.0. The van der Waals surface area contributed by atoms with E-state index in [0.717, 1.165) is 28.8 Å². The molecule has 3 aromatic rings. The third-order valence-corrected chi connectivity index (χ3v) is 5.27. The van der Waals surface area contributed by atoms with Gasteiger partial charge in [-0.2, -0.15) is 0 Å². The molecule has 2 aromatic carbocycles. The van der Waals surface area contributed by atoms with Gasteiger partial charge in [-0.25, -0.2) is 4.79 Å². The molecule has 0 unspecified atom stereocenters. The van der Waals surface area contributed by atoms with Crippen LogP contribution in [0.15, 0.2) is 48.5 Å². The Kier molecular flexibility index (Phi) is 6.78. The molecule has 0 aliphatic heterocycles. The molecule has 0 radical (unpaired) electrons. The van der Waals surface area contributed by atoms with Gasteiger partial charge in [-0.3, -0.25) is 4.98 Å². The van der Waals surface area contributed by atoms with E-state index in [2.05, 4.69) is 13.8 Å². The zero-order valence-electron chi connectivity index (χ0n) is 17.7. The number of aromatic carboxylic acids is 1. The lowest BCUT2D eigenvalue weighted by atomic mass is 9.95. The van der Waals surface area contributed by atoms with Crippen LogP contribution in [0.25, 0.3) is 11.1 Å². The monoisotopic (exact) mass is 423 g/mol. The number of carbonyl (C=O) groups is 1. The van der Waals surface area contributed by atoms with Crippen molar-refractivity contribution in [2.45, 2.75) is 40.7 Å². The molecular formula is C25H26ClNO3. The number of hydrogen-bond acceptors (Lipinski definition) is 3. The largest absolute Gasteiger partial charge is 0.487 e. The lowest BCUT2D eigenvalue weighted by Gasteiger charge is -2.16. The molecule has 0 amide bonds. The van der Waals surface area contributed by atoms with Crippen molar-refractivity contribution >= 4 is 17.6 Å². The number of aromatic nitrogens is 1. The van der Waals surface area contributed by atoms with Crippen molar-refractivity contribution in [2.24, 2.45) is 5.92 Å². The van der Waals surface area contributed by atoms with Crippen molar-refractivity contribution in [3.8, 4) is 16.9 Å². The molecule has 3 rings (SSSR count). The first-order chi connectivity index (χ1) is 14.2. The molecule has 156 valence electrons. The van der Waals surface area contributed by atoms with Crippen LogP contribution < -0.4 is 4.74 Å². The number of ether oxygens (including phenoxy) is 1. The van der Waals surface area contributed by atoms with Crippen LogP contribution in [-0.2, 0) is 13.0 Å². The number of nitrogens with zero attached hydrogens (tertiary/aromatic N) is 1. The fourth-order valence-corrected chi connectivity index (χ4v) is 3.39. The molecule has 0 aliphatic rings. The van der Waals surface area contributed by atoms with Crippen LogP contribution >= 0.6 is 11.6 Å². The summed E-state index contributed by atoms with van der Waals surface area (Å²) in [5.74, 6) is 0.0451. The van der Waals surface area contributed by atoms with Gasteiger partial charge in [-0.15, -0.1) is 0 Å². The van der Waals surface area contributed by atoms with Gasteiger partial charge in [0, 0.05) is 16.3 Å². The fraction of sp³-hybridized carbons (Fsp3) is 0.280. The van der Waals surface area contributed by atoms with Crippen LogP contribution in [0.3, 0.4) is 0 Å². The topological polar surface area (TPSA) is 59.4 Å². The number of carboxylic acid groups (broad SMARTS) is 1. The summed E-state index contributed by atoms with van der Waals surface area (Å²) in [4.78, 5) is 16.7. The van der Waals surface area contributed by atoms with Crippen LogP contribution in [0.4, 0.5) is 0 Å². The lowest BCUT2D eigenvalue weighted by Crippen LogP contribution is -2.12. The van der Waals surface area contributed by atoms with Crippen molar-refractivity contribution in [1.82, 2.24) is 4.98 Å². The Bertz CT molecular complexity index is 1060. The first-order valence-electron chi connectivity index (χ1n) is 9.96. The zero-order chi connectivity index (χ0) is 21.8. The second-order valence-corrected chi connectivity index (χ2v) is 8.36. The van der Waals surface area contributed by atoms with E-state index in [1.165, 1.54) is 5.56 Å². The van der Waals surface area contributed by atoms with Gasteiger partial charge in [0.05, 0.1) is 11.3 Å². The molecule has 0 aliphatic carbocycles. The van der Waals surface area contributed by atoms with Gasteiger partial charge in [0.25, 0.3) is 0 Å². The highest BCUT2D eigenvalue weighted by atomic mass is 35.5. The van der Waals surface area contributed by atoms with E-state index in [0.29, 0.717) is 22.4 Å². The van der Waals surface area contributed by atoms with Crippen molar-refractivity contribution in [3.05, 3.63) is 81.6 Å². The van der Waals surface area contributed by atoms with Crippen molar-refractivity contribution < 1.29 is 14.6 Å². The molecule has 1 N–H and O–H groups in total. The zero-order valence-corrected chi connectivity index (χ0v) is 18.5. The number of rotatable bonds is 7. The smallest absolute Gasteiger partial charge is 0.337 e. The minimum Gasteiger partial charge on any atom is -0.487 e. The molecular weight excluding hydrogens is 398 g/mol. The molecule has 30 heavy (non-hydrogen) atoms. The summed E-state index contributed by atoms with van der Waals surface area (Å²) in [5, 5.41) is 10.4. The summed E-state index contributed by atoms with van der Waals surface area (Å²) in [6.45, 7) is 8.38. The van der Waals surface area contributed by atoms with Crippen LogP contribution in [0.1, 0.15) is 46.7 Å². The molecule has 1 heterocycles. The number of halogens is 1. The van der Waals surface area contributed by atoms with Crippen LogP contribution in [0.2, 0.25) is 5.02 Å². The highest BCUT2D eigenvalue weighted by Crippen LogP contribution is 2.29. The summed E-state index contributed by atoms with van der Waals surface area (Å²) in [6, 6.07) is 14.9. The molecule has 1 aromatic heterocycles. The molecule has 0 saturated carbocycles. The Morgan fingerprint density at radius 1 is 1.03 bits per heavy atom. The van der Waals surface area contributed by atoms with Crippen molar-refractivity contribution in [1.29, 1.82) is 0 Å². The minimum atomic E-state index is -1.02. The Labute approximate surface area is 182 Å². The maximum absolute atomic E-state index is 12.0. The number of benzene rings is 2. The highest BCUT2D eigenvalue weighted by Gasteiger charge is 2.19. The van der Waals surface area contributed by atoms with E-state index < -0.39 is 5.97 Å². The number of hydrogen-bond donors (Lipinski definition) is 1. The van der Waals surface area contributed by atoms with E-state index in [-0.39, 0.29) is 12.2 Å². The summed E-state index contributed by atoms with van der Waals surface area (Å²) < 4.78 is 5.90. The third kappa shape index (κ3) is 5.19. The first kappa shape index (κ1) is 21.8. The average molecular weight is 424 g/mol. The summed E-state index contributed by atoms with van der Waals surface area (Å²) >= 11 is 6.02. The van der Waals surface area contributed by atoms with Gasteiger partial charge in [0.2, 0.25) is 0 Å². The van der Waals surface area contributed by atoms with E-state index in [9.17, 15) is 9.90 Å². The number of carboxylic acids is 1. The first-order valence-corrected chi connectivity index (χ1v) is 10.3. The fourth-order valence-electron chi connectivity index (χ4n) is 3.27. The second kappa shape index (κ2) is 9.31. The quantitative estimate of drug-likeness (QED) is 0.471. The molecule has 0 saturated heterocycles. The predicted octanol–water partition coefficient (Wildman–Crippen LogP) is 6.49. The Morgan fingerprint density at radius 3 is 2.33 bits per heavy atom. The number of pyridine rings is 1. The molecule has 0 bridgehead atoms. The van der Waals surface area contributed by atoms with Crippen LogP contribution in [-0.4, -0.2) is 16.1 Å². The Hall–Kier alpha value is -2.85. The van der Waals surface area contributed by atoms with Crippen LogP contribution in [0, 0.1) is 19.8 Å². The third-order valence-electron chi connectivity index (χ3n) is 5.02. The van der Waals surface area contributed by atoms with E-state index >= 15 is 0 Å². The lowest BCUT2D eigenvalue weighted by molar-refractivity contribution is 0.0693. The Morgan fingerprint density at radius 2 is 1.73 bits per heavy atom. The predicted molar refractivity (Wildman–Crippen MR) is 120 cm³/mol. The summed E-state index contributed by atoms with van der Waals surface area (Å²) in [7, 11) is 0. The van der Waals surface area contributed by atoms with E-state index in [4.69, 9.17) is 21.3 Å². The van der Waals surface area contributed by atoms with Crippen molar-refractivity contribution in [2.75, 3.05) is 0 Å². The van der Waals surface area contributed by atoms with Gasteiger partial charge in [-0.05, 0) is 73.2 Å². The van der Waals surface area contributed by atoms with E-state index in [1.54, 1.807) is 18.2 Å². The molecule has 0 spiro atoms. The molecule has 5 heteroatoms. The Balaban J connectivity index is 2.02. The molecule has 0 atom stereocenters. The van der Waals surface area contributed by atoms with Gasteiger partial charge < -0.3 is 9.84 Å². The van der Waals surface area contributed by atoms with Crippen molar-refractivity contribution in [3.63, 3.8) is 0 Å². The SMILES string of the molecule is Cc1ccc(OCc2nc(CC(C)C)c(-c3ccc(Cl)cc3)cc2C(=O)O)cc1C. The van der Waals surface area contributed by atoms with Gasteiger partial charge >= 0.3 is 5.97 Å². The maximum Gasteiger partial charge on any atom is 0.337 e. The summed E-state index contributed by atoms with van der Waals surface area (Å²) in [6.07, 6.45) is 0.731. The van der Waals surface area contributed by atoms with Gasteiger partial charge in [0.15, 0.2) is 0 Å². The average Bonchev–Trinajstić information content (AvgIpc) is 2.69. The van der Waals surface area contributed by atoms with E-state index in [1.807, 2.05) is 44.2 Å². The highest BCUT2D eigenvalue weighted by molar-refractivity contribution is 6.30. The molecule has 4 nitrogen and oxygen atoms in total. The second-order valence-electron chi connectivity index (χ2n) is 7.92. The van der Waals surface area contributed by atoms with Gasteiger partial charge in [0.1, 0.15) is 12.4 Å². The van der Waals surface area contributed by atoms with Crippen LogP contribution in [0.5, 0.6) is 5.75 Å². The minimum absolute atomic E-state index is 0.0934.